The van der Waals surface area contributed by atoms with Crippen molar-refractivity contribution in [2.24, 2.45) is 5.92 Å². The van der Waals surface area contributed by atoms with Crippen molar-refractivity contribution >= 4 is 21.6 Å². The molecule has 1 aliphatic heterocycles. The zero-order valence-corrected chi connectivity index (χ0v) is 12.6. The number of aryl methyl sites for hydroxylation is 1. The number of aromatic nitrogens is 4. The van der Waals surface area contributed by atoms with Crippen LogP contribution in [-0.4, -0.2) is 33.4 Å². The predicted molar refractivity (Wildman–Crippen MR) is 78.9 cm³/mol. The number of halogens is 1. The van der Waals surface area contributed by atoms with Crippen LogP contribution in [0.5, 0.6) is 0 Å². The molecule has 1 unspecified atom stereocenters. The van der Waals surface area contributed by atoms with Crippen molar-refractivity contribution in [3.63, 3.8) is 0 Å². The number of nitrogen functional groups attached to an aromatic ring is 1. The SMILES string of the molecule is Nc1cccc(-c2nnnn2CCC2CCOC2)c1Br. The lowest BCUT2D eigenvalue weighted by Gasteiger charge is -2.10. The van der Waals surface area contributed by atoms with Crippen LogP contribution in [0.1, 0.15) is 12.8 Å². The number of hydrogen-bond donors (Lipinski definition) is 1. The summed E-state index contributed by atoms with van der Waals surface area (Å²) in [5, 5.41) is 12.0. The molecule has 1 atom stereocenters. The Morgan fingerprint density at radius 1 is 1.45 bits per heavy atom. The van der Waals surface area contributed by atoms with Crippen LogP contribution in [0.15, 0.2) is 22.7 Å². The van der Waals surface area contributed by atoms with Crippen molar-refractivity contribution in [2.75, 3.05) is 18.9 Å². The largest absolute Gasteiger partial charge is 0.398 e. The molecule has 20 heavy (non-hydrogen) atoms. The average molecular weight is 338 g/mol. The topological polar surface area (TPSA) is 78.9 Å². The Morgan fingerprint density at radius 3 is 3.15 bits per heavy atom. The first kappa shape index (κ1) is 13.5. The molecule has 7 heteroatoms. The minimum Gasteiger partial charge on any atom is -0.398 e. The lowest BCUT2D eigenvalue weighted by atomic mass is 10.1. The Kier molecular flexibility index (Phi) is 3.98. The second-order valence-electron chi connectivity index (χ2n) is 4.95. The molecule has 0 radical (unpaired) electrons. The molecule has 106 valence electrons. The third-order valence-corrected chi connectivity index (χ3v) is 4.46. The summed E-state index contributed by atoms with van der Waals surface area (Å²) in [6.07, 6.45) is 2.15. The smallest absolute Gasteiger partial charge is 0.183 e. The van der Waals surface area contributed by atoms with E-state index in [4.69, 9.17) is 10.5 Å². The zero-order chi connectivity index (χ0) is 13.9. The number of tetrazole rings is 1. The van der Waals surface area contributed by atoms with Crippen molar-refractivity contribution < 1.29 is 4.74 Å². The van der Waals surface area contributed by atoms with Crippen LogP contribution in [0.2, 0.25) is 0 Å². The quantitative estimate of drug-likeness (QED) is 0.864. The molecule has 1 aromatic heterocycles. The summed E-state index contributed by atoms with van der Waals surface area (Å²) >= 11 is 3.50. The van der Waals surface area contributed by atoms with Gasteiger partial charge in [-0.2, -0.15) is 0 Å². The first-order chi connectivity index (χ1) is 9.75. The maximum absolute atomic E-state index is 5.91. The fraction of sp³-hybridized carbons (Fsp3) is 0.462. The van der Waals surface area contributed by atoms with Gasteiger partial charge in [0, 0.05) is 31.0 Å². The molecule has 1 fully saturated rings. The minimum atomic E-state index is 0.608. The van der Waals surface area contributed by atoms with E-state index in [-0.39, 0.29) is 0 Å². The van der Waals surface area contributed by atoms with Gasteiger partial charge >= 0.3 is 0 Å². The summed E-state index contributed by atoms with van der Waals surface area (Å²) in [6, 6.07) is 5.71. The molecule has 1 aliphatic rings. The van der Waals surface area contributed by atoms with E-state index in [9.17, 15) is 0 Å². The maximum atomic E-state index is 5.91. The lowest BCUT2D eigenvalue weighted by molar-refractivity contribution is 0.183. The van der Waals surface area contributed by atoms with Gasteiger partial charge in [0.25, 0.3) is 0 Å². The number of nitrogens with two attached hydrogens (primary N) is 1. The Balaban J connectivity index is 1.80. The number of ether oxygens (including phenoxy) is 1. The van der Waals surface area contributed by atoms with E-state index in [0.717, 1.165) is 48.5 Å². The van der Waals surface area contributed by atoms with Gasteiger partial charge in [0.2, 0.25) is 0 Å². The van der Waals surface area contributed by atoms with Crippen molar-refractivity contribution in [2.45, 2.75) is 19.4 Å². The Morgan fingerprint density at radius 2 is 2.35 bits per heavy atom. The van der Waals surface area contributed by atoms with E-state index >= 15 is 0 Å². The molecule has 2 heterocycles. The third-order valence-electron chi connectivity index (χ3n) is 3.57. The first-order valence-electron chi connectivity index (χ1n) is 6.64. The molecule has 2 aromatic rings. The van der Waals surface area contributed by atoms with Crippen LogP contribution in [0.4, 0.5) is 5.69 Å². The van der Waals surface area contributed by atoms with Crippen LogP contribution >= 0.6 is 15.9 Å². The Bertz CT molecular complexity index is 594. The van der Waals surface area contributed by atoms with Gasteiger partial charge in [-0.15, -0.1) is 5.10 Å². The van der Waals surface area contributed by atoms with Crippen LogP contribution < -0.4 is 5.73 Å². The highest BCUT2D eigenvalue weighted by Gasteiger charge is 2.18. The molecule has 0 saturated carbocycles. The molecule has 1 saturated heterocycles. The highest BCUT2D eigenvalue weighted by molar-refractivity contribution is 9.10. The number of rotatable bonds is 4. The highest BCUT2D eigenvalue weighted by Crippen LogP contribution is 2.31. The standard InChI is InChI=1S/C13H16BrN5O/c14-12-10(2-1-3-11(12)15)13-16-17-18-19(13)6-4-9-5-7-20-8-9/h1-3,9H,4-8,15H2. The summed E-state index contributed by atoms with van der Waals surface area (Å²) in [5.74, 6) is 1.35. The van der Waals surface area contributed by atoms with Crippen molar-refractivity contribution in [1.82, 2.24) is 20.2 Å². The van der Waals surface area contributed by atoms with Crippen molar-refractivity contribution in [1.29, 1.82) is 0 Å². The number of anilines is 1. The van der Waals surface area contributed by atoms with E-state index in [2.05, 4.69) is 31.5 Å². The third kappa shape index (κ3) is 2.69. The van der Waals surface area contributed by atoms with E-state index in [0.29, 0.717) is 11.6 Å². The van der Waals surface area contributed by atoms with Gasteiger partial charge in [0.15, 0.2) is 5.82 Å². The minimum absolute atomic E-state index is 0.608. The summed E-state index contributed by atoms with van der Waals surface area (Å²) in [5.41, 5.74) is 7.51. The van der Waals surface area contributed by atoms with Gasteiger partial charge in [-0.25, -0.2) is 4.68 Å². The second kappa shape index (κ2) is 5.88. The van der Waals surface area contributed by atoms with Crippen molar-refractivity contribution in [3.05, 3.63) is 22.7 Å². The second-order valence-corrected chi connectivity index (χ2v) is 5.75. The highest BCUT2D eigenvalue weighted by atomic mass is 79.9. The van der Waals surface area contributed by atoms with E-state index in [1.54, 1.807) is 0 Å². The average Bonchev–Trinajstić information content (AvgIpc) is 3.10. The maximum Gasteiger partial charge on any atom is 0.183 e. The van der Waals surface area contributed by atoms with Gasteiger partial charge in [-0.3, -0.25) is 0 Å². The molecule has 0 amide bonds. The Hall–Kier alpha value is -1.47. The summed E-state index contributed by atoms with van der Waals surface area (Å²) in [7, 11) is 0. The van der Waals surface area contributed by atoms with E-state index < -0.39 is 0 Å². The van der Waals surface area contributed by atoms with Gasteiger partial charge in [-0.05, 0) is 57.2 Å². The first-order valence-corrected chi connectivity index (χ1v) is 7.43. The van der Waals surface area contributed by atoms with Crippen LogP contribution in [0, 0.1) is 5.92 Å². The van der Waals surface area contributed by atoms with Crippen LogP contribution in [-0.2, 0) is 11.3 Å². The number of hydrogen-bond acceptors (Lipinski definition) is 5. The normalized spacial score (nSPS) is 18.6. The summed E-state index contributed by atoms with van der Waals surface area (Å²) < 4.78 is 8.06. The monoisotopic (exact) mass is 337 g/mol. The van der Waals surface area contributed by atoms with Gasteiger partial charge in [-0.1, -0.05) is 6.07 Å². The van der Waals surface area contributed by atoms with Gasteiger partial charge in [0.05, 0.1) is 4.47 Å². The number of nitrogens with zero attached hydrogens (tertiary/aromatic N) is 4. The molecular weight excluding hydrogens is 322 g/mol. The zero-order valence-electron chi connectivity index (χ0n) is 11.0. The molecule has 2 N–H and O–H groups in total. The Labute approximate surface area is 125 Å². The lowest BCUT2D eigenvalue weighted by Crippen LogP contribution is -2.09. The fourth-order valence-corrected chi connectivity index (χ4v) is 2.83. The van der Waals surface area contributed by atoms with Crippen LogP contribution in [0.3, 0.4) is 0 Å². The molecule has 1 aromatic carbocycles. The molecule has 6 nitrogen and oxygen atoms in total. The fourth-order valence-electron chi connectivity index (χ4n) is 2.39. The number of benzene rings is 1. The predicted octanol–water partition coefficient (Wildman–Crippen LogP) is 2.11. The molecular formula is C13H16BrN5O. The van der Waals surface area contributed by atoms with E-state index in [1.165, 1.54) is 0 Å². The van der Waals surface area contributed by atoms with Gasteiger partial charge < -0.3 is 10.5 Å². The molecule has 0 bridgehead atoms. The molecule has 0 aliphatic carbocycles. The molecule has 0 spiro atoms. The van der Waals surface area contributed by atoms with Crippen LogP contribution in [0.25, 0.3) is 11.4 Å². The van der Waals surface area contributed by atoms with E-state index in [1.807, 2.05) is 22.9 Å². The van der Waals surface area contributed by atoms with Crippen molar-refractivity contribution in [3.8, 4) is 11.4 Å². The van der Waals surface area contributed by atoms with Gasteiger partial charge in [0.1, 0.15) is 0 Å². The summed E-state index contributed by atoms with van der Waals surface area (Å²) in [6.45, 7) is 2.50. The molecule has 3 rings (SSSR count). The summed E-state index contributed by atoms with van der Waals surface area (Å²) in [4.78, 5) is 0.